The molecule has 1 aromatic rings. The van der Waals surface area contributed by atoms with Gasteiger partial charge in [0.25, 0.3) is 10.0 Å². The lowest BCUT2D eigenvalue weighted by atomic mass is 9.90. The van der Waals surface area contributed by atoms with Crippen molar-refractivity contribution < 1.29 is 17.9 Å². The molecule has 1 unspecified atom stereocenters. The van der Waals surface area contributed by atoms with Crippen molar-refractivity contribution in [2.75, 3.05) is 13.2 Å². The standard InChI is InChI=1S/C19H24N2O4S/c22-19(25-13-14-7-2-1-3-8-14)16-10-6-12-21(16)18-15-9-4-5-11-17(15)26(23,24)20-18/h4-5,9,11,14,16H,1-3,6-8,10,12-13H2. The van der Waals surface area contributed by atoms with E-state index in [4.69, 9.17) is 4.74 Å². The van der Waals surface area contributed by atoms with Gasteiger partial charge in [0, 0.05) is 12.1 Å². The number of hydrogen-bond acceptors (Lipinski definition) is 5. The van der Waals surface area contributed by atoms with E-state index >= 15 is 0 Å². The maximum absolute atomic E-state index is 12.7. The van der Waals surface area contributed by atoms with Crippen LogP contribution in [0.25, 0.3) is 0 Å². The molecule has 1 saturated carbocycles. The molecule has 0 spiro atoms. The second kappa shape index (κ2) is 7.02. The van der Waals surface area contributed by atoms with E-state index in [0.717, 1.165) is 19.3 Å². The van der Waals surface area contributed by atoms with E-state index < -0.39 is 16.1 Å². The number of esters is 1. The van der Waals surface area contributed by atoms with Crippen LogP contribution in [0.3, 0.4) is 0 Å². The molecule has 26 heavy (non-hydrogen) atoms. The van der Waals surface area contributed by atoms with Crippen molar-refractivity contribution in [3.05, 3.63) is 29.8 Å². The van der Waals surface area contributed by atoms with Gasteiger partial charge in [-0.2, -0.15) is 8.42 Å². The van der Waals surface area contributed by atoms with Crippen molar-refractivity contribution >= 4 is 21.8 Å². The summed E-state index contributed by atoms with van der Waals surface area (Å²) < 4.78 is 34.2. The summed E-state index contributed by atoms with van der Waals surface area (Å²) in [6.07, 6.45) is 7.44. The van der Waals surface area contributed by atoms with Gasteiger partial charge in [0.2, 0.25) is 0 Å². The van der Waals surface area contributed by atoms with Gasteiger partial charge in [-0.05, 0) is 43.7 Å². The van der Waals surface area contributed by atoms with Gasteiger partial charge in [-0.3, -0.25) is 0 Å². The number of carbonyl (C=O) groups is 1. The van der Waals surface area contributed by atoms with Crippen molar-refractivity contribution in [3.8, 4) is 0 Å². The van der Waals surface area contributed by atoms with Crippen molar-refractivity contribution in [1.29, 1.82) is 0 Å². The predicted molar refractivity (Wildman–Crippen MR) is 97.4 cm³/mol. The molecule has 1 saturated heterocycles. The summed E-state index contributed by atoms with van der Waals surface area (Å²) >= 11 is 0. The topological polar surface area (TPSA) is 76.0 Å². The minimum Gasteiger partial charge on any atom is -0.464 e. The maximum Gasteiger partial charge on any atom is 0.328 e. The van der Waals surface area contributed by atoms with Crippen molar-refractivity contribution in [2.45, 2.75) is 55.9 Å². The molecule has 1 atom stereocenters. The van der Waals surface area contributed by atoms with E-state index in [9.17, 15) is 13.2 Å². The Balaban J connectivity index is 1.49. The molecule has 2 aliphatic heterocycles. The van der Waals surface area contributed by atoms with Crippen LogP contribution in [0.5, 0.6) is 0 Å². The van der Waals surface area contributed by atoms with Crippen LogP contribution in [0.15, 0.2) is 33.6 Å². The second-order valence-electron chi connectivity index (χ2n) is 7.37. The number of sulfonamides is 1. The van der Waals surface area contributed by atoms with Gasteiger partial charge in [0.1, 0.15) is 10.9 Å². The highest BCUT2D eigenvalue weighted by molar-refractivity contribution is 7.90. The lowest BCUT2D eigenvalue weighted by Gasteiger charge is -2.26. The Labute approximate surface area is 154 Å². The lowest BCUT2D eigenvalue weighted by molar-refractivity contribution is -0.149. The first-order valence-corrected chi connectivity index (χ1v) is 10.9. The summed E-state index contributed by atoms with van der Waals surface area (Å²) in [7, 11) is -3.68. The smallest absolute Gasteiger partial charge is 0.328 e. The minimum absolute atomic E-state index is 0.219. The van der Waals surface area contributed by atoms with Crippen LogP contribution in [-0.2, 0) is 19.6 Å². The number of likely N-dealkylation sites (tertiary alicyclic amines) is 1. The lowest BCUT2D eigenvalue weighted by Crippen LogP contribution is -2.41. The second-order valence-corrected chi connectivity index (χ2v) is 8.94. The van der Waals surface area contributed by atoms with E-state index in [-0.39, 0.29) is 10.9 Å². The predicted octanol–water partition coefficient (Wildman–Crippen LogP) is 2.72. The number of nitrogens with zero attached hydrogens (tertiary/aromatic N) is 2. The van der Waals surface area contributed by atoms with Gasteiger partial charge in [-0.1, -0.05) is 31.4 Å². The van der Waals surface area contributed by atoms with E-state index in [0.29, 0.717) is 36.9 Å². The van der Waals surface area contributed by atoms with Gasteiger partial charge >= 0.3 is 5.97 Å². The van der Waals surface area contributed by atoms with Gasteiger partial charge in [0.05, 0.1) is 6.61 Å². The third-order valence-corrected chi connectivity index (χ3v) is 6.92. The number of carbonyl (C=O) groups excluding carboxylic acids is 1. The molecule has 0 amide bonds. The van der Waals surface area contributed by atoms with Crippen LogP contribution in [0.2, 0.25) is 0 Å². The molecule has 0 aromatic heterocycles. The van der Waals surface area contributed by atoms with Crippen LogP contribution >= 0.6 is 0 Å². The Morgan fingerprint density at radius 2 is 1.88 bits per heavy atom. The molecule has 2 heterocycles. The molecular weight excluding hydrogens is 352 g/mol. The van der Waals surface area contributed by atoms with Crippen LogP contribution in [0.1, 0.15) is 50.5 Å². The number of hydrogen-bond donors (Lipinski definition) is 0. The van der Waals surface area contributed by atoms with Crippen LogP contribution in [0.4, 0.5) is 0 Å². The van der Waals surface area contributed by atoms with Crippen LogP contribution in [-0.4, -0.2) is 44.3 Å². The highest BCUT2D eigenvalue weighted by atomic mass is 32.2. The highest BCUT2D eigenvalue weighted by Gasteiger charge is 2.40. The van der Waals surface area contributed by atoms with E-state index in [1.165, 1.54) is 19.3 Å². The van der Waals surface area contributed by atoms with Gasteiger partial charge in [-0.25, -0.2) is 4.79 Å². The Bertz CT molecular complexity index is 828. The van der Waals surface area contributed by atoms with E-state index in [1.807, 2.05) is 4.90 Å². The fraction of sp³-hybridized carbons (Fsp3) is 0.579. The molecule has 0 N–H and O–H groups in total. The normalized spacial score (nSPS) is 25.0. The number of rotatable bonds is 3. The molecular formula is C19H24N2O4S. The summed E-state index contributed by atoms with van der Waals surface area (Å²) in [4.78, 5) is 14.7. The molecule has 3 aliphatic rings. The largest absolute Gasteiger partial charge is 0.464 e. The van der Waals surface area contributed by atoms with Crippen molar-refractivity contribution in [1.82, 2.24) is 4.90 Å². The first-order chi connectivity index (χ1) is 12.6. The maximum atomic E-state index is 12.7. The highest BCUT2D eigenvalue weighted by Crippen LogP contribution is 2.31. The Hall–Kier alpha value is -1.89. The number of ether oxygens (including phenoxy) is 1. The first kappa shape index (κ1) is 17.5. The molecule has 140 valence electrons. The number of benzene rings is 1. The van der Waals surface area contributed by atoms with Gasteiger partial charge in [0.15, 0.2) is 5.84 Å². The quantitative estimate of drug-likeness (QED) is 0.758. The summed E-state index contributed by atoms with van der Waals surface area (Å²) in [5.74, 6) is 0.600. The Morgan fingerprint density at radius 3 is 2.69 bits per heavy atom. The molecule has 7 heteroatoms. The number of amidine groups is 1. The monoisotopic (exact) mass is 376 g/mol. The zero-order chi connectivity index (χ0) is 18.1. The van der Waals surface area contributed by atoms with Crippen LogP contribution < -0.4 is 0 Å². The van der Waals surface area contributed by atoms with E-state index in [1.54, 1.807) is 24.3 Å². The third kappa shape index (κ3) is 3.24. The molecule has 0 bridgehead atoms. The average molecular weight is 376 g/mol. The van der Waals surface area contributed by atoms with Gasteiger partial charge in [-0.15, -0.1) is 4.40 Å². The fourth-order valence-corrected chi connectivity index (χ4v) is 5.43. The summed E-state index contributed by atoms with van der Waals surface area (Å²) in [5, 5.41) is 0. The zero-order valence-corrected chi connectivity index (χ0v) is 15.6. The molecule has 4 rings (SSSR count). The number of fused-ring (bicyclic) bond motifs is 1. The SMILES string of the molecule is O=C(OCC1CCCCC1)C1CCCN1C1=NS(=O)(=O)c2ccccc21. The molecule has 1 aliphatic carbocycles. The Kier molecular flexibility index (Phi) is 4.73. The minimum atomic E-state index is -3.68. The molecule has 6 nitrogen and oxygen atoms in total. The summed E-state index contributed by atoms with van der Waals surface area (Å²) in [6.45, 7) is 1.09. The van der Waals surface area contributed by atoms with Gasteiger partial charge < -0.3 is 9.64 Å². The van der Waals surface area contributed by atoms with E-state index in [2.05, 4.69) is 4.40 Å². The zero-order valence-electron chi connectivity index (χ0n) is 14.8. The van der Waals surface area contributed by atoms with Crippen molar-refractivity contribution in [3.63, 3.8) is 0 Å². The Morgan fingerprint density at radius 1 is 1.12 bits per heavy atom. The molecule has 0 radical (unpaired) electrons. The first-order valence-electron chi connectivity index (χ1n) is 9.44. The summed E-state index contributed by atoms with van der Waals surface area (Å²) in [6, 6.07) is 6.35. The molecule has 1 aromatic carbocycles. The van der Waals surface area contributed by atoms with Crippen LogP contribution in [0, 0.1) is 5.92 Å². The molecule has 2 fully saturated rings. The average Bonchev–Trinajstić information content (AvgIpc) is 3.24. The fourth-order valence-electron chi connectivity index (χ4n) is 4.21. The van der Waals surface area contributed by atoms with Crippen molar-refractivity contribution in [2.24, 2.45) is 10.3 Å². The third-order valence-electron chi connectivity index (χ3n) is 5.60. The summed E-state index contributed by atoms with van der Waals surface area (Å²) in [5.41, 5.74) is 0.583.